The molecule has 4 aliphatic rings. The SMILES string of the molecule is O=C(/C=C/c1ccc(O)c(O)c1)OCC1OC(Oc2cc(=O)cc3oc(-c4cc(O)c(O)c(O)c4)c(OC4OC(CO)C(O)C(O)C4O)cc2-3)C(O)C(O)C1O. The summed E-state index contributed by atoms with van der Waals surface area (Å²) in [6.45, 7) is -1.49. The van der Waals surface area contributed by atoms with Crippen LogP contribution >= 0.6 is 0 Å². The highest BCUT2D eigenvalue weighted by molar-refractivity contribution is 5.87. The van der Waals surface area contributed by atoms with Crippen molar-refractivity contribution in [1.29, 1.82) is 0 Å². The van der Waals surface area contributed by atoms with Gasteiger partial charge in [0.15, 0.2) is 45.7 Å². The van der Waals surface area contributed by atoms with Crippen molar-refractivity contribution >= 4 is 12.0 Å². The first kappa shape index (κ1) is 40.0. The Balaban J connectivity index is 1.31. The number of esters is 1. The van der Waals surface area contributed by atoms with Crippen molar-refractivity contribution in [3.8, 4) is 62.9 Å². The zero-order valence-corrected chi connectivity index (χ0v) is 28.6. The van der Waals surface area contributed by atoms with Crippen molar-refractivity contribution < 1.29 is 94.2 Å². The topological polar surface area (TPSA) is 336 Å². The third-order valence-corrected chi connectivity index (χ3v) is 8.93. The molecule has 20 heteroatoms. The number of fused-ring (bicyclic) bond motifs is 1. The molecule has 3 aliphatic heterocycles. The Morgan fingerprint density at radius 1 is 0.679 bits per heavy atom. The zero-order valence-electron chi connectivity index (χ0n) is 28.6. The molecule has 2 aromatic carbocycles. The highest BCUT2D eigenvalue weighted by atomic mass is 16.7. The molecule has 56 heavy (non-hydrogen) atoms. The molecule has 0 saturated carbocycles. The highest BCUT2D eigenvalue weighted by Crippen LogP contribution is 2.46. The number of hydrogen-bond acceptors (Lipinski definition) is 20. The van der Waals surface area contributed by atoms with Gasteiger partial charge in [-0.15, -0.1) is 0 Å². The fraction of sp³-hybridized carbons (Fsp3) is 0.333. The minimum absolute atomic E-state index is 0.120. The van der Waals surface area contributed by atoms with E-state index in [9.17, 15) is 70.9 Å². The summed E-state index contributed by atoms with van der Waals surface area (Å²) in [6.07, 6.45) is -15.6. The summed E-state index contributed by atoms with van der Waals surface area (Å²) in [4.78, 5) is 25.3. The Kier molecular flexibility index (Phi) is 11.6. The largest absolute Gasteiger partial charge is 0.504 e. The number of carbonyl (C=O) groups is 1. The summed E-state index contributed by atoms with van der Waals surface area (Å²) in [6, 6.07) is 8.70. The molecule has 3 heterocycles. The van der Waals surface area contributed by atoms with Gasteiger partial charge >= 0.3 is 5.97 Å². The van der Waals surface area contributed by atoms with Gasteiger partial charge in [0.05, 0.1) is 12.2 Å². The second kappa shape index (κ2) is 16.2. The van der Waals surface area contributed by atoms with Gasteiger partial charge in [-0.25, -0.2) is 4.79 Å². The van der Waals surface area contributed by atoms with Crippen molar-refractivity contribution in [2.75, 3.05) is 13.2 Å². The number of rotatable bonds is 10. The number of carbonyl (C=O) groups excluding carboxylic acids is 1. The number of benzene rings is 3. The summed E-state index contributed by atoms with van der Waals surface area (Å²) < 4.78 is 33.8. The number of hydrogen-bond donors (Lipinski definition) is 12. The molecule has 2 aromatic rings. The minimum Gasteiger partial charge on any atom is -0.504 e. The molecule has 2 fully saturated rings. The number of aliphatic hydroxyl groups excluding tert-OH is 7. The van der Waals surface area contributed by atoms with Crippen molar-refractivity contribution in [3.05, 3.63) is 70.4 Å². The normalized spacial score (nSPS) is 28.0. The van der Waals surface area contributed by atoms with E-state index in [2.05, 4.69) is 0 Å². The highest BCUT2D eigenvalue weighted by Gasteiger charge is 2.47. The van der Waals surface area contributed by atoms with Crippen LogP contribution in [0.3, 0.4) is 0 Å². The van der Waals surface area contributed by atoms with Gasteiger partial charge in [-0.2, -0.15) is 0 Å². The van der Waals surface area contributed by atoms with Crippen LogP contribution in [0.25, 0.3) is 28.7 Å². The van der Waals surface area contributed by atoms with E-state index in [-0.39, 0.29) is 34.1 Å². The standard InChI is InChI=1S/C36H36O20/c37-11-24-28(45)30(47)32(49)36(55-24)54-23-10-16-21(52-34(23)14-6-19(41)27(44)20(42)7-14)8-15(38)9-22(16)53-35-33(50)31(48)29(46)25(56-35)12-51-26(43)4-2-13-1-3-17(39)18(40)5-13/h1-10,24-25,28-33,35-37,39-42,44-50H,11-12H2/b4-2+. The van der Waals surface area contributed by atoms with E-state index in [4.69, 9.17) is 28.1 Å². The minimum atomic E-state index is -1.96. The van der Waals surface area contributed by atoms with E-state index >= 15 is 0 Å². The first-order chi connectivity index (χ1) is 26.6. The van der Waals surface area contributed by atoms with Gasteiger partial charge in [-0.3, -0.25) is 4.79 Å². The molecule has 0 aromatic heterocycles. The third-order valence-electron chi connectivity index (χ3n) is 8.93. The quantitative estimate of drug-likeness (QED) is 0.0497. The average molecular weight is 789 g/mol. The molecule has 0 spiro atoms. The van der Waals surface area contributed by atoms with Gasteiger partial charge in [-0.05, 0) is 42.0 Å². The predicted octanol–water partition coefficient (Wildman–Crippen LogP) is -1.44. The Labute approximate surface area is 314 Å². The van der Waals surface area contributed by atoms with Crippen molar-refractivity contribution in [3.63, 3.8) is 0 Å². The van der Waals surface area contributed by atoms with Crippen molar-refractivity contribution in [2.24, 2.45) is 0 Å². The van der Waals surface area contributed by atoms with Crippen LogP contribution in [0, 0.1) is 0 Å². The van der Waals surface area contributed by atoms with Crippen molar-refractivity contribution in [1.82, 2.24) is 0 Å². The molecule has 20 nitrogen and oxygen atoms in total. The predicted molar refractivity (Wildman–Crippen MR) is 183 cm³/mol. The first-order valence-corrected chi connectivity index (χ1v) is 16.6. The van der Waals surface area contributed by atoms with Gasteiger partial charge in [0.25, 0.3) is 0 Å². The molecule has 300 valence electrons. The number of phenolic OH excluding ortho intramolecular Hbond substituents is 5. The smallest absolute Gasteiger partial charge is 0.330 e. The molecule has 10 unspecified atom stereocenters. The summed E-state index contributed by atoms with van der Waals surface area (Å²) in [5.74, 6) is -5.70. The lowest BCUT2D eigenvalue weighted by atomic mass is 9.99. The number of aliphatic hydroxyl groups is 7. The second-order valence-corrected chi connectivity index (χ2v) is 12.8. The maximum atomic E-state index is 12.9. The van der Waals surface area contributed by atoms with Gasteiger partial charge in [0, 0.05) is 23.8 Å². The third kappa shape index (κ3) is 8.14. The van der Waals surface area contributed by atoms with E-state index in [1.807, 2.05) is 0 Å². The molecular weight excluding hydrogens is 752 g/mol. The summed E-state index contributed by atoms with van der Waals surface area (Å²) >= 11 is 0. The molecule has 10 atom stereocenters. The Morgan fingerprint density at radius 3 is 1.91 bits per heavy atom. The fourth-order valence-electron chi connectivity index (χ4n) is 5.87. The Morgan fingerprint density at radius 2 is 1.29 bits per heavy atom. The first-order valence-electron chi connectivity index (χ1n) is 16.6. The Bertz CT molecular complexity index is 2090. The van der Waals surface area contributed by atoms with Crippen LogP contribution in [0.1, 0.15) is 5.56 Å². The molecule has 1 aliphatic carbocycles. The molecule has 12 N–H and O–H groups in total. The van der Waals surface area contributed by atoms with Gasteiger partial charge in [0.2, 0.25) is 12.6 Å². The number of ether oxygens (including phenoxy) is 5. The van der Waals surface area contributed by atoms with E-state index in [0.29, 0.717) is 5.56 Å². The van der Waals surface area contributed by atoms with Crippen molar-refractivity contribution in [2.45, 2.75) is 61.4 Å². The second-order valence-electron chi connectivity index (χ2n) is 12.8. The lowest BCUT2D eigenvalue weighted by Gasteiger charge is -2.40. The lowest BCUT2D eigenvalue weighted by Crippen LogP contribution is -2.60. The average Bonchev–Trinajstić information content (AvgIpc) is 3.16. The van der Waals surface area contributed by atoms with Gasteiger partial charge in [0.1, 0.15) is 66.9 Å². The van der Waals surface area contributed by atoms with Crippen LogP contribution in [0.5, 0.6) is 40.2 Å². The van der Waals surface area contributed by atoms with E-state index in [1.54, 1.807) is 0 Å². The zero-order chi connectivity index (χ0) is 40.6. The molecule has 0 radical (unpaired) electrons. The molecule has 6 rings (SSSR count). The van der Waals surface area contributed by atoms with Gasteiger partial charge < -0.3 is 89.4 Å². The van der Waals surface area contributed by atoms with Crippen LogP contribution in [-0.2, 0) is 19.0 Å². The number of phenols is 5. The molecule has 0 bridgehead atoms. The fourth-order valence-corrected chi connectivity index (χ4v) is 5.87. The molecule has 0 amide bonds. The summed E-state index contributed by atoms with van der Waals surface area (Å²) in [5.41, 5.74) is -0.711. The Hall–Kier alpha value is -5.68. The maximum Gasteiger partial charge on any atom is 0.330 e. The lowest BCUT2D eigenvalue weighted by molar-refractivity contribution is -0.278. The van der Waals surface area contributed by atoms with Crippen LogP contribution < -0.4 is 14.9 Å². The molecule has 2 saturated heterocycles. The molecular formula is C36H36O20. The van der Waals surface area contributed by atoms with Crippen LogP contribution in [0.15, 0.2) is 63.8 Å². The van der Waals surface area contributed by atoms with Gasteiger partial charge in [-0.1, -0.05) is 6.07 Å². The van der Waals surface area contributed by atoms with Crippen LogP contribution in [0.4, 0.5) is 0 Å². The van der Waals surface area contributed by atoms with E-state index in [1.165, 1.54) is 24.3 Å². The maximum absolute atomic E-state index is 12.9. The summed E-state index contributed by atoms with van der Waals surface area (Å²) in [5, 5.41) is 122. The number of aromatic hydroxyl groups is 5. The summed E-state index contributed by atoms with van der Waals surface area (Å²) in [7, 11) is 0. The van der Waals surface area contributed by atoms with Crippen LogP contribution in [0.2, 0.25) is 0 Å². The monoisotopic (exact) mass is 788 g/mol. The van der Waals surface area contributed by atoms with Crippen LogP contribution in [-0.4, -0.2) is 142 Å². The van der Waals surface area contributed by atoms with E-state index in [0.717, 1.165) is 36.4 Å². The van der Waals surface area contributed by atoms with E-state index < -0.39 is 115 Å².